The third-order valence-electron chi connectivity index (χ3n) is 4.02. The lowest BCUT2D eigenvalue weighted by atomic mass is 9.80. The van der Waals surface area contributed by atoms with Gasteiger partial charge in [0.2, 0.25) is 0 Å². The van der Waals surface area contributed by atoms with Gasteiger partial charge in [-0.15, -0.1) is 0 Å². The summed E-state index contributed by atoms with van der Waals surface area (Å²) in [6, 6.07) is 9.95. The molecular weight excluding hydrogens is 218 g/mol. The first-order chi connectivity index (χ1) is 8.65. The van der Waals surface area contributed by atoms with Gasteiger partial charge in [-0.2, -0.15) is 0 Å². The van der Waals surface area contributed by atoms with Gasteiger partial charge in [-0.25, -0.2) is 0 Å². The summed E-state index contributed by atoms with van der Waals surface area (Å²) < 4.78 is 0. The van der Waals surface area contributed by atoms with Crippen molar-refractivity contribution in [3.63, 3.8) is 0 Å². The summed E-state index contributed by atoms with van der Waals surface area (Å²) in [5.41, 5.74) is 3.04. The van der Waals surface area contributed by atoms with Crippen molar-refractivity contribution in [2.75, 3.05) is 6.54 Å². The number of nitrogens with one attached hydrogen (secondary N) is 1. The molecule has 0 saturated heterocycles. The van der Waals surface area contributed by atoms with Crippen molar-refractivity contribution >= 4 is 0 Å². The number of hydrogen-bond donors (Lipinski definition) is 1. The van der Waals surface area contributed by atoms with E-state index in [0.717, 1.165) is 12.5 Å². The fourth-order valence-corrected chi connectivity index (χ4v) is 2.58. The number of benzene rings is 1. The Hall–Kier alpha value is -0.820. The minimum absolute atomic E-state index is 0.591. The van der Waals surface area contributed by atoms with Gasteiger partial charge in [-0.05, 0) is 48.8 Å². The van der Waals surface area contributed by atoms with Crippen LogP contribution in [0, 0.1) is 5.92 Å². The van der Waals surface area contributed by atoms with Gasteiger partial charge in [0.25, 0.3) is 0 Å². The molecule has 1 fully saturated rings. The van der Waals surface area contributed by atoms with E-state index in [1.54, 1.807) is 5.56 Å². The van der Waals surface area contributed by atoms with Crippen LogP contribution in [0.2, 0.25) is 0 Å². The predicted molar refractivity (Wildman–Crippen MR) is 79.0 cm³/mol. The molecule has 0 aromatic heterocycles. The summed E-state index contributed by atoms with van der Waals surface area (Å²) in [7, 11) is 0. The first kappa shape index (κ1) is 13.6. The van der Waals surface area contributed by atoms with Gasteiger partial charge in [-0.3, -0.25) is 0 Å². The summed E-state index contributed by atoms with van der Waals surface area (Å²) >= 11 is 0. The van der Waals surface area contributed by atoms with Gasteiger partial charge in [-0.1, -0.05) is 51.5 Å². The van der Waals surface area contributed by atoms with Crippen LogP contribution in [0.3, 0.4) is 0 Å². The predicted octanol–water partition coefficient (Wildman–Crippen LogP) is 4.13. The molecule has 0 spiro atoms. The second-order valence-electron chi connectivity index (χ2n) is 6.24. The van der Waals surface area contributed by atoms with Crippen molar-refractivity contribution < 1.29 is 0 Å². The second-order valence-corrected chi connectivity index (χ2v) is 6.24. The highest BCUT2D eigenvalue weighted by Gasteiger charge is 2.18. The average molecular weight is 245 g/mol. The molecule has 18 heavy (non-hydrogen) atoms. The summed E-state index contributed by atoms with van der Waals surface area (Å²) in [5.74, 6) is 1.57. The summed E-state index contributed by atoms with van der Waals surface area (Å²) in [6.45, 7) is 7.86. The van der Waals surface area contributed by atoms with E-state index >= 15 is 0 Å². The van der Waals surface area contributed by atoms with Crippen LogP contribution in [-0.4, -0.2) is 12.6 Å². The zero-order chi connectivity index (χ0) is 13.0. The Labute approximate surface area is 112 Å². The molecule has 1 unspecified atom stereocenters. The topological polar surface area (TPSA) is 12.0 Å². The van der Waals surface area contributed by atoms with Gasteiger partial charge < -0.3 is 5.32 Å². The van der Waals surface area contributed by atoms with Crippen LogP contribution in [-0.2, 0) is 6.42 Å². The Balaban J connectivity index is 1.81. The van der Waals surface area contributed by atoms with E-state index < -0.39 is 0 Å². The molecular formula is C17H27N. The standard InChI is InChI=1S/C17H27N/c1-13(2)18-12-14(3)11-15-7-9-17(10-8-15)16-5-4-6-16/h7-10,13-14,16,18H,4-6,11-12H2,1-3H3. The van der Waals surface area contributed by atoms with Gasteiger partial charge in [0.1, 0.15) is 0 Å². The van der Waals surface area contributed by atoms with E-state index in [1.807, 2.05) is 0 Å². The third kappa shape index (κ3) is 3.84. The molecule has 1 N–H and O–H groups in total. The van der Waals surface area contributed by atoms with Gasteiger partial charge in [0.15, 0.2) is 0 Å². The van der Waals surface area contributed by atoms with E-state index in [2.05, 4.69) is 50.4 Å². The highest BCUT2D eigenvalue weighted by molar-refractivity contribution is 5.26. The monoisotopic (exact) mass is 245 g/mol. The quantitative estimate of drug-likeness (QED) is 0.794. The summed E-state index contributed by atoms with van der Waals surface area (Å²) in [5, 5.41) is 3.51. The largest absolute Gasteiger partial charge is 0.314 e. The number of rotatable bonds is 6. The van der Waals surface area contributed by atoms with Crippen LogP contribution in [0.25, 0.3) is 0 Å². The van der Waals surface area contributed by atoms with Crippen LogP contribution in [0.1, 0.15) is 57.1 Å². The molecule has 0 amide bonds. The Morgan fingerprint density at radius 1 is 1.11 bits per heavy atom. The zero-order valence-corrected chi connectivity index (χ0v) is 12.1. The molecule has 1 aliphatic rings. The summed E-state index contributed by atoms with van der Waals surface area (Å²) in [6.07, 6.45) is 5.40. The Morgan fingerprint density at radius 2 is 1.78 bits per heavy atom. The van der Waals surface area contributed by atoms with E-state index in [1.165, 1.54) is 31.2 Å². The minimum atomic E-state index is 0.591. The van der Waals surface area contributed by atoms with Crippen LogP contribution in [0.5, 0.6) is 0 Å². The Kier molecular flexibility index (Phi) is 4.82. The molecule has 0 bridgehead atoms. The van der Waals surface area contributed by atoms with E-state index in [9.17, 15) is 0 Å². The molecule has 1 aliphatic carbocycles. The molecule has 0 radical (unpaired) electrons. The summed E-state index contributed by atoms with van der Waals surface area (Å²) in [4.78, 5) is 0. The highest BCUT2D eigenvalue weighted by atomic mass is 14.9. The molecule has 0 aliphatic heterocycles. The molecule has 0 heterocycles. The van der Waals surface area contributed by atoms with Gasteiger partial charge in [0, 0.05) is 6.04 Å². The van der Waals surface area contributed by atoms with E-state index in [-0.39, 0.29) is 0 Å². The molecule has 1 atom stereocenters. The molecule has 1 nitrogen and oxygen atoms in total. The molecule has 1 heteroatoms. The SMILES string of the molecule is CC(CNC(C)C)Cc1ccc(C2CCC2)cc1. The van der Waals surface area contributed by atoms with Crippen LogP contribution < -0.4 is 5.32 Å². The van der Waals surface area contributed by atoms with Crippen molar-refractivity contribution in [1.29, 1.82) is 0 Å². The van der Waals surface area contributed by atoms with E-state index in [4.69, 9.17) is 0 Å². The molecule has 1 aromatic rings. The van der Waals surface area contributed by atoms with Crippen LogP contribution in [0.15, 0.2) is 24.3 Å². The lowest BCUT2D eigenvalue weighted by molar-refractivity contribution is 0.419. The second kappa shape index (κ2) is 6.38. The smallest absolute Gasteiger partial charge is 0.00104 e. The van der Waals surface area contributed by atoms with Crippen LogP contribution in [0.4, 0.5) is 0 Å². The van der Waals surface area contributed by atoms with E-state index in [0.29, 0.717) is 12.0 Å². The Bertz CT molecular complexity index is 348. The van der Waals surface area contributed by atoms with Crippen molar-refractivity contribution in [2.45, 2.75) is 58.4 Å². The van der Waals surface area contributed by atoms with Crippen molar-refractivity contribution in [3.8, 4) is 0 Å². The van der Waals surface area contributed by atoms with Crippen molar-refractivity contribution in [2.24, 2.45) is 5.92 Å². The molecule has 2 rings (SSSR count). The average Bonchev–Trinajstić information content (AvgIpc) is 2.27. The maximum atomic E-state index is 3.51. The molecule has 100 valence electrons. The minimum Gasteiger partial charge on any atom is -0.314 e. The first-order valence-corrected chi connectivity index (χ1v) is 7.47. The fourth-order valence-electron chi connectivity index (χ4n) is 2.58. The fraction of sp³-hybridized carbons (Fsp3) is 0.647. The normalized spacial score (nSPS) is 17.8. The Morgan fingerprint density at radius 3 is 2.28 bits per heavy atom. The van der Waals surface area contributed by atoms with Crippen LogP contribution >= 0.6 is 0 Å². The maximum absolute atomic E-state index is 3.51. The van der Waals surface area contributed by atoms with Crippen molar-refractivity contribution in [3.05, 3.63) is 35.4 Å². The maximum Gasteiger partial charge on any atom is 0.00104 e. The lowest BCUT2D eigenvalue weighted by Crippen LogP contribution is -2.28. The highest BCUT2D eigenvalue weighted by Crippen LogP contribution is 2.36. The molecule has 1 aromatic carbocycles. The lowest BCUT2D eigenvalue weighted by Gasteiger charge is -2.26. The third-order valence-corrected chi connectivity index (χ3v) is 4.02. The van der Waals surface area contributed by atoms with Gasteiger partial charge in [0.05, 0.1) is 0 Å². The zero-order valence-electron chi connectivity index (χ0n) is 12.1. The number of hydrogen-bond acceptors (Lipinski definition) is 1. The van der Waals surface area contributed by atoms with Gasteiger partial charge >= 0.3 is 0 Å². The van der Waals surface area contributed by atoms with Crippen molar-refractivity contribution in [1.82, 2.24) is 5.32 Å². The molecule has 1 saturated carbocycles. The first-order valence-electron chi connectivity index (χ1n) is 7.47.